The lowest BCUT2D eigenvalue weighted by Crippen LogP contribution is -1.94. The summed E-state index contributed by atoms with van der Waals surface area (Å²) in [7, 11) is 3.31. The van der Waals surface area contributed by atoms with Gasteiger partial charge in [0.2, 0.25) is 0 Å². The summed E-state index contributed by atoms with van der Waals surface area (Å²) in [6.07, 6.45) is 0. The largest absolute Gasteiger partial charge is 0.496 e. The molecule has 2 aromatic carbocycles. The predicted molar refractivity (Wildman–Crippen MR) is 78.9 cm³/mol. The van der Waals surface area contributed by atoms with Gasteiger partial charge in [0.1, 0.15) is 11.5 Å². The van der Waals surface area contributed by atoms with Crippen LogP contribution >= 0.6 is 0 Å². The van der Waals surface area contributed by atoms with Crippen LogP contribution in [-0.2, 0) is 0 Å². The number of methoxy groups -OCH3 is 2. The van der Waals surface area contributed by atoms with Crippen LogP contribution in [0.4, 0.5) is 5.69 Å². The van der Waals surface area contributed by atoms with Crippen LogP contribution in [-0.4, -0.2) is 14.2 Å². The van der Waals surface area contributed by atoms with Crippen LogP contribution in [0.5, 0.6) is 11.5 Å². The Morgan fingerprint density at radius 2 is 1.47 bits per heavy atom. The molecule has 0 amide bonds. The van der Waals surface area contributed by atoms with Crippen molar-refractivity contribution in [3.05, 3.63) is 41.5 Å². The molecule has 2 aromatic rings. The van der Waals surface area contributed by atoms with E-state index in [9.17, 15) is 0 Å². The van der Waals surface area contributed by atoms with Crippen LogP contribution < -0.4 is 15.2 Å². The molecule has 2 rings (SSSR count). The zero-order chi connectivity index (χ0) is 14.0. The van der Waals surface area contributed by atoms with E-state index in [-0.39, 0.29) is 0 Å². The Labute approximate surface area is 114 Å². The minimum absolute atomic E-state index is 0.645. The van der Waals surface area contributed by atoms with Gasteiger partial charge in [0.25, 0.3) is 0 Å². The molecule has 0 fully saturated rings. The molecule has 0 bridgehead atoms. The Morgan fingerprint density at radius 1 is 0.842 bits per heavy atom. The lowest BCUT2D eigenvalue weighted by molar-refractivity contribution is 0.408. The fourth-order valence-corrected chi connectivity index (χ4v) is 2.35. The van der Waals surface area contributed by atoms with Crippen LogP contribution in [0, 0.1) is 13.8 Å². The lowest BCUT2D eigenvalue weighted by atomic mass is 9.99. The molecule has 0 spiro atoms. The standard InChI is InChI=1S/C16H19NO2/c1-10-7-13(8-11(2)16(10)19-4)12-5-6-15(18-3)14(17)9-12/h5-9H,17H2,1-4H3. The number of ether oxygens (including phenoxy) is 2. The number of rotatable bonds is 3. The highest BCUT2D eigenvalue weighted by Crippen LogP contribution is 2.32. The summed E-state index contributed by atoms with van der Waals surface area (Å²) in [5, 5.41) is 0. The molecule has 0 heterocycles. The second-order valence-corrected chi connectivity index (χ2v) is 4.60. The van der Waals surface area contributed by atoms with Gasteiger partial charge < -0.3 is 15.2 Å². The first-order valence-electron chi connectivity index (χ1n) is 6.16. The molecule has 19 heavy (non-hydrogen) atoms. The second kappa shape index (κ2) is 5.22. The number of hydrogen-bond donors (Lipinski definition) is 1. The highest BCUT2D eigenvalue weighted by molar-refractivity contribution is 5.72. The molecule has 0 aliphatic heterocycles. The van der Waals surface area contributed by atoms with E-state index in [4.69, 9.17) is 15.2 Å². The average molecular weight is 257 g/mol. The number of anilines is 1. The van der Waals surface area contributed by atoms with Crippen molar-refractivity contribution in [3.63, 3.8) is 0 Å². The van der Waals surface area contributed by atoms with Crippen LogP contribution in [0.2, 0.25) is 0 Å². The van der Waals surface area contributed by atoms with Crippen molar-refractivity contribution < 1.29 is 9.47 Å². The van der Waals surface area contributed by atoms with Gasteiger partial charge in [0.05, 0.1) is 19.9 Å². The summed E-state index contributed by atoms with van der Waals surface area (Å²) in [5.41, 5.74) is 11.0. The summed E-state index contributed by atoms with van der Waals surface area (Å²) in [6.45, 7) is 4.09. The minimum Gasteiger partial charge on any atom is -0.496 e. The first-order valence-corrected chi connectivity index (χ1v) is 6.16. The van der Waals surface area contributed by atoms with E-state index in [2.05, 4.69) is 12.1 Å². The van der Waals surface area contributed by atoms with Crippen LogP contribution in [0.25, 0.3) is 11.1 Å². The normalized spacial score (nSPS) is 10.3. The van der Waals surface area contributed by atoms with E-state index in [0.717, 1.165) is 28.0 Å². The molecule has 3 heteroatoms. The van der Waals surface area contributed by atoms with Gasteiger partial charge in [-0.25, -0.2) is 0 Å². The molecule has 0 saturated carbocycles. The third-order valence-electron chi connectivity index (χ3n) is 3.23. The van der Waals surface area contributed by atoms with Gasteiger partial charge in [-0.05, 0) is 60.4 Å². The van der Waals surface area contributed by atoms with Gasteiger partial charge in [-0.15, -0.1) is 0 Å². The molecule has 3 nitrogen and oxygen atoms in total. The summed E-state index contributed by atoms with van der Waals surface area (Å²) in [6, 6.07) is 10.0. The van der Waals surface area contributed by atoms with E-state index >= 15 is 0 Å². The van der Waals surface area contributed by atoms with Crippen molar-refractivity contribution >= 4 is 5.69 Å². The Bertz CT molecular complexity index is 583. The summed E-state index contributed by atoms with van der Waals surface area (Å²) in [5.74, 6) is 1.64. The molecule has 2 N–H and O–H groups in total. The molecule has 100 valence electrons. The maximum absolute atomic E-state index is 5.95. The van der Waals surface area contributed by atoms with Gasteiger partial charge in [-0.1, -0.05) is 6.07 Å². The number of aryl methyl sites for hydroxylation is 2. The molecule has 0 aliphatic carbocycles. The molecule has 0 aliphatic rings. The van der Waals surface area contributed by atoms with E-state index in [0.29, 0.717) is 11.4 Å². The molecule has 0 unspecified atom stereocenters. The molecular weight excluding hydrogens is 238 g/mol. The monoisotopic (exact) mass is 257 g/mol. The van der Waals surface area contributed by atoms with Crippen LogP contribution in [0.15, 0.2) is 30.3 Å². The second-order valence-electron chi connectivity index (χ2n) is 4.60. The lowest BCUT2D eigenvalue weighted by Gasteiger charge is -2.12. The molecule has 0 atom stereocenters. The fraction of sp³-hybridized carbons (Fsp3) is 0.250. The van der Waals surface area contributed by atoms with Gasteiger partial charge in [-0.2, -0.15) is 0 Å². The van der Waals surface area contributed by atoms with Crippen molar-refractivity contribution in [2.24, 2.45) is 0 Å². The highest BCUT2D eigenvalue weighted by Gasteiger charge is 2.08. The van der Waals surface area contributed by atoms with E-state index in [1.165, 1.54) is 0 Å². The van der Waals surface area contributed by atoms with Gasteiger partial charge in [-0.3, -0.25) is 0 Å². The first kappa shape index (κ1) is 13.3. The number of benzene rings is 2. The molecule has 0 aromatic heterocycles. The maximum atomic E-state index is 5.95. The maximum Gasteiger partial charge on any atom is 0.141 e. The first-order chi connectivity index (χ1) is 9.06. The van der Waals surface area contributed by atoms with E-state index in [1.807, 2.05) is 32.0 Å². The van der Waals surface area contributed by atoms with Crippen molar-refractivity contribution in [2.45, 2.75) is 13.8 Å². The smallest absolute Gasteiger partial charge is 0.141 e. The zero-order valence-corrected chi connectivity index (χ0v) is 11.8. The Kier molecular flexibility index (Phi) is 3.65. The van der Waals surface area contributed by atoms with Crippen molar-refractivity contribution in [2.75, 3.05) is 20.0 Å². The quantitative estimate of drug-likeness (QED) is 0.855. The summed E-state index contributed by atoms with van der Waals surface area (Å²) >= 11 is 0. The molecule has 0 saturated heterocycles. The van der Waals surface area contributed by atoms with Crippen molar-refractivity contribution in [1.82, 2.24) is 0 Å². The third kappa shape index (κ3) is 2.50. The zero-order valence-electron chi connectivity index (χ0n) is 11.8. The fourth-order valence-electron chi connectivity index (χ4n) is 2.35. The van der Waals surface area contributed by atoms with Gasteiger partial charge in [0, 0.05) is 0 Å². The third-order valence-corrected chi connectivity index (χ3v) is 3.23. The molecule has 0 radical (unpaired) electrons. The predicted octanol–water partition coefficient (Wildman–Crippen LogP) is 3.57. The molecular formula is C16H19NO2. The number of nitrogens with two attached hydrogens (primary N) is 1. The summed E-state index contributed by atoms with van der Waals surface area (Å²) in [4.78, 5) is 0. The van der Waals surface area contributed by atoms with Crippen molar-refractivity contribution in [1.29, 1.82) is 0 Å². The average Bonchev–Trinajstić information content (AvgIpc) is 2.38. The highest BCUT2D eigenvalue weighted by atomic mass is 16.5. The van der Waals surface area contributed by atoms with E-state index < -0.39 is 0 Å². The van der Waals surface area contributed by atoms with Crippen LogP contribution in [0.3, 0.4) is 0 Å². The van der Waals surface area contributed by atoms with Crippen molar-refractivity contribution in [3.8, 4) is 22.6 Å². The van der Waals surface area contributed by atoms with Gasteiger partial charge >= 0.3 is 0 Å². The number of nitrogen functional groups attached to an aromatic ring is 1. The SMILES string of the molecule is COc1ccc(-c2cc(C)c(OC)c(C)c2)cc1N. The minimum atomic E-state index is 0.645. The van der Waals surface area contributed by atoms with E-state index in [1.54, 1.807) is 14.2 Å². The Morgan fingerprint density at radius 3 is 1.95 bits per heavy atom. The summed E-state index contributed by atoms with van der Waals surface area (Å²) < 4.78 is 10.6. The Hall–Kier alpha value is -2.16. The Balaban J connectivity index is 2.50. The topological polar surface area (TPSA) is 44.5 Å². The van der Waals surface area contributed by atoms with Gasteiger partial charge in [0.15, 0.2) is 0 Å². The van der Waals surface area contributed by atoms with Crippen LogP contribution in [0.1, 0.15) is 11.1 Å². The number of hydrogen-bond acceptors (Lipinski definition) is 3.